The minimum atomic E-state index is -0.511. The van der Waals surface area contributed by atoms with Crippen molar-refractivity contribution in [1.82, 2.24) is 15.0 Å². The number of hydrogen-bond acceptors (Lipinski definition) is 5. The summed E-state index contributed by atoms with van der Waals surface area (Å²) >= 11 is 6.06. The standard InChI is InChI=1S/C11H12ClN5O2/c1-6(2)9-11(13)14-15-16(9)10-7(12)4-3-5-8(10)17(18)19/h3-6H,13H2,1-2H3. The van der Waals surface area contributed by atoms with Crippen LogP contribution in [0.25, 0.3) is 5.69 Å². The van der Waals surface area contributed by atoms with Gasteiger partial charge in [-0.15, -0.1) is 5.10 Å². The first-order valence-corrected chi connectivity index (χ1v) is 5.95. The number of nitrogens with two attached hydrogens (primary N) is 1. The molecule has 1 aromatic carbocycles. The second-order valence-corrected chi connectivity index (χ2v) is 4.70. The van der Waals surface area contributed by atoms with Crippen molar-refractivity contribution in [2.45, 2.75) is 19.8 Å². The van der Waals surface area contributed by atoms with Crippen LogP contribution in [-0.4, -0.2) is 19.9 Å². The Labute approximate surface area is 114 Å². The van der Waals surface area contributed by atoms with Crippen molar-refractivity contribution < 1.29 is 4.92 Å². The molecule has 0 aliphatic rings. The Balaban J connectivity index is 2.76. The average molecular weight is 282 g/mol. The van der Waals surface area contributed by atoms with Gasteiger partial charge in [-0.05, 0) is 12.0 Å². The molecule has 0 spiro atoms. The topological polar surface area (TPSA) is 99.9 Å². The van der Waals surface area contributed by atoms with E-state index in [9.17, 15) is 10.1 Å². The monoisotopic (exact) mass is 281 g/mol. The molecule has 0 atom stereocenters. The molecule has 1 aromatic heterocycles. The van der Waals surface area contributed by atoms with Crippen LogP contribution in [0, 0.1) is 10.1 Å². The lowest BCUT2D eigenvalue weighted by atomic mass is 10.1. The number of nitrogen functional groups attached to an aromatic ring is 1. The zero-order chi connectivity index (χ0) is 14.2. The Kier molecular flexibility index (Phi) is 3.39. The zero-order valence-electron chi connectivity index (χ0n) is 10.4. The van der Waals surface area contributed by atoms with Crippen molar-refractivity contribution in [3.05, 3.63) is 39.0 Å². The predicted molar refractivity (Wildman–Crippen MR) is 71.5 cm³/mol. The van der Waals surface area contributed by atoms with E-state index in [0.29, 0.717) is 5.69 Å². The summed E-state index contributed by atoms with van der Waals surface area (Å²) in [6, 6.07) is 4.44. The highest BCUT2D eigenvalue weighted by molar-refractivity contribution is 6.32. The number of halogens is 1. The van der Waals surface area contributed by atoms with Crippen molar-refractivity contribution in [2.24, 2.45) is 0 Å². The van der Waals surface area contributed by atoms with Gasteiger partial charge in [-0.2, -0.15) is 0 Å². The van der Waals surface area contributed by atoms with Crippen LogP contribution in [0.2, 0.25) is 5.02 Å². The molecule has 0 saturated heterocycles. The summed E-state index contributed by atoms with van der Waals surface area (Å²) in [5.41, 5.74) is 6.39. The van der Waals surface area contributed by atoms with Gasteiger partial charge in [0.25, 0.3) is 5.69 Å². The molecular formula is C11H12ClN5O2. The molecule has 0 radical (unpaired) electrons. The summed E-state index contributed by atoms with van der Waals surface area (Å²) in [5, 5.41) is 18.9. The zero-order valence-corrected chi connectivity index (χ0v) is 11.1. The van der Waals surface area contributed by atoms with Gasteiger partial charge in [-0.1, -0.05) is 36.7 Å². The number of aromatic nitrogens is 3. The average Bonchev–Trinajstić information content (AvgIpc) is 2.70. The van der Waals surface area contributed by atoms with Gasteiger partial charge in [0.1, 0.15) is 0 Å². The lowest BCUT2D eigenvalue weighted by Crippen LogP contribution is -2.08. The summed E-state index contributed by atoms with van der Waals surface area (Å²) in [4.78, 5) is 10.6. The van der Waals surface area contributed by atoms with Crippen LogP contribution in [-0.2, 0) is 0 Å². The number of rotatable bonds is 3. The van der Waals surface area contributed by atoms with E-state index in [1.54, 1.807) is 6.07 Å². The van der Waals surface area contributed by atoms with Gasteiger partial charge < -0.3 is 5.73 Å². The largest absolute Gasteiger partial charge is 0.381 e. The molecule has 100 valence electrons. The number of benzene rings is 1. The minimum absolute atomic E-state index is 0.00544. The number of para-hydroxylation sites is 1. The van der Waals surface area contributed by atoms with Crippen LogP contribution in [0.4, 0.5) is 11.5 Å². The molecule has 0 aliphatic heterocycles. The summed E-state index contributed by atoms with van der Waals surface area (Å²) in [6.45, 7) is 3.79. The Morgan fingerprint density at radius 2 is 2.16 bits per heavy atom. The molecule has 0 amide bonds. The lowest BCUT2D eigenvalue weighted by molar-refractivity contribution is -0.384. The fourth-order valence-electron chi connectivity index (χ4n) is 1.87. The molecule has 0 aliphatic carbocycles. The number of nitro groups is 1. The minimum Gasteiger partial charge on any atom is -0.381 e. The molecule has 0 bridgehead atoms. The van der Waals surface area contributed by atoms with Gasteiger partial charge in [-0.3, -0.25) is 10.1 Å². The van der Waals surface area contributed by atoms with Gasteiger partial charge in [-0.25, -0.2) is 4.68 Å². The van der Waals surface area contributed by atoms with E-state index in [1.807, 2.05) is 13.8 Å². The maximum absolute atomic E-state index is 11.1. The first-order chi connectivity index (χ1) is 8.93. The predicted octanol–water partition coefficient (Wildman–Crippen LogP) is 2.53. The second-order valence-electron chi connectivity index (χ2n) is 4.29. The molecule has 8 heteroatoms. The Morgan fingerprint density at radius 3 is 2.74 bits per heavy atom. The second kappa shape index (κ2) is 4.85. The van der Waals surface area contributed by atoms with Gasteiger partial charge >= 0.3 is 0 Å². The van der Waals surface area contributed by atoms with Gasteiger partial charge in [0.05, 0.1) is 15.6 Å². The molecule has 2 N–H and O–H groups in total. The van der Waals surface area contributed by atoms with Crippen molar-refractivity contribution in [3.63, 3.8) is 0 Å². The lowest BCUT2D eigenvalue weighted by Gasteiger charge is -2.11. The van der Waals surface area contributed by atoms with Crippen LogP contribution >= 0.6 is 11.6 Å². The molecule has 0 saturated carbocycles. The summed E-state index contributed by atoms with van der Waals surface area (Å²) < 4.78 is 1.33. The first kappa shape index (κ1) is 13.3. The van der Waals surface area contributed by atoms with E-state index in [0.717, 1.165) is 0 Å². The van der Waals surface area contributed by atoms with Crippen LogP contribution < -0.4 is 5.73 Å². The maximum atomic E-state index is 11.1. The summed E-state index contributed by atoms with van der Waals surface area (Å²) in [5.74, 6) is 0.245. The summed E-state index contributed by atoms with van der Waals surface area (Å²) in [6.07, 6.45) is 0. The fraction of sp³-hybridized carbons (Fsp3) is 0.273. The van der Waals surface area contributed by atoms with Gasteiger partial charge in [0, 0.05) is 6.07 Å². The molecule has 1 heterocycles. The van der Waals surface area contributed by atoms with E-state index in [1.165, 1.54) is 16.8 Å². The van der Waals surface area contributed by atoms with Crippen LogP contribution in [0.1, 0.15) is 25.5 Å². The fourth-order valence-corrected chi connectivity index (χ4v) is 2.12. The van der Waals surface area contributed by atoms with Crippen molar-refractivity contribution in [3.8, 4) is 5.69 Å². The highest BCUT2D eigenvalue weighted by atomic mass is 35.5. The molecule has 0 unspecified atom stereocenters. The van der Waals surface area contributed by atoms with Crippen molar-refractivity contribution in [2.75, 3.05) is 5.73 Å². The molecule has 0 fully saturated rings. The molecule has 2 aromatic rings. The molecule has 2 rings (SSSR count). The Morgan fingerprint density at radius 1 is 1.47 bits per heavy atom. The molecular weight excluding hydrogens is 270 g/mol. The number of nitro benzene ring substituents is 1. The van der Waals surface area contributed by atoms with Crippen LogP contribution in [0.5, 0.6) is 0 Å². The third-order valence-corrected chi connectivity index (χ3v) is 2.96. The SMILES string of the molecule is CC(C)c1c(N)nnn1-c1c(Cl)cccc1[N+](=O)[O-]. The third-order valence-electron chi connectivity index (χ3n) is 2.65. The number of anilines is 1. The number of nitrogens with zero attached hydrogens (tertiary/aromatic N) is 4. The van der Waals surface area contributed by atoms with Gasteiger partial charge in [0.2, 0.25) is 0 Å². The van der Waals surface area contributed by atoms with E-state index in [4.69, 9.17) is 17.3 Å². The van der Waals surface area contributed by atoms with Crippen LogP contribution in [0.15, 0.2) is 18.2 Å². The van der Waals surface area contributed by atoms with E-state index >= 15 is 0 Å². The van der Waals surface area contributed by atoms with Crippen molar-refractivity contribution >= 4 is 23.1 Å². The van der Waals surface area contributed by atoms with E-state index in [2.05, 4.69) is 10.3 Å². The Hall–Kier alpha value is -2.15. The molecule has 7 nitrogen and oxygen atoms in total. The summed E-state index contributed by atoms with van der Waals surface area (Å²) in [7, 11) is 0. The van der Waals surface area contributed by atoms with E-state index < -0.39 is 4.92 Å². The molecule has 19 heavy (non-hydrogen) atoms. The van der Waals surface area contributed by atoms with Crippen LogP contribution in [0.3, 0.4) is 0 Å². The smallest absolute Gasteiger partial charge is 0.296 e. The van der Waals surface area contributed by atoms with E-state index in [-0.39, 0.29) is 28.1 Å². The number of hydrogen-bond donors (Lipinski definition) is 1. The quantitative estimate of drug-likeness (QED) is 0.688. The highest BCUT2D eigenvalue weighted by Gasteiger charge is 2.24. The normalized spacial score (nSPS) is 10.9. The third kappa shape index (κ3) is 2.24. The van der Waals surface area contributed by atoms with Gasteiger partial charge in [0.15, 0.2) is 11.5 Å². The maximum Gasteiger partial charge on any atom is 0.296 e. The van der Waals surface area contributed by atoms with Crippen molar-refractivity contribution in [1.29, 1.82) is 0 Å². The highest BCUT2D eigenvalue weighted by Crippen LogP contribution is 2.33. The first-order valence-electron chi connectivity index (χ1n) is 5.57. The Bertz CT molecular complexity index is 638.